The fourth-order valence-electron chi connectivity index (χ4n) is 2.12. The van der Waals surface area contributed by atoms with Crippen molar-refractivity contribution in [1.82, 2.24) is 10.2 Å². The van der Waals surface area contributed by atoms with Gasteiger partial charge in [-0.2, -0.15) is 0 Å². The minimum atomic E-state index is 0.870. The van der Waals surface area contributed by atoms with Crippen molar-refractivity contribution >= 4 is 11.6 Å². The van der Waals surface area contributed by atoms with E-state index in [4.69, 9.17) is 11.6 Å². The van der Waals surface area contributed by atoms with Gasteiger partial charge in [0.2, 0.25) is 0 Å². The molecule has 3 heteroatoms. The Balaban J connectivity index is 2.31. The molecule has 1 fully saturated rings. The van der Waals surface area contributed by atoms with Crippen molar-refractivity contribution in [3.63, 3.8) is 0 Å². The van der Waals surface area contributed by atoms with Gasteiger partial charge >= 0.3 is 0 Å². The number of rotatable bonds is 5. The zero-order valence-corrected chi connectivity index (χ0v) is 10.7. The normalized spacial score (nSPS) is 19.9. The third kappa shape index (κ3) is 5.01. The van der Waals surface area contributed by atoms with Crippen molar-refractivity contribution in [2.24, 2.45) is 5.92 Å². The van der Waals surface area contributed by atoms with E-state index in [1.54, 1.807) is 5.54 Å². The smallest absolute Gasteiger partial charge is 0.0201 e. The summed E-state index contributed by atoms with van der Waals surface area (Å²) in [7, 11) is 0. The van der Waals surface area contributed by atoms with E-state index < -0.39 is 0 Å². The van der Waals surface area contributed by atoms with E-state index >= 15 is 0 Å². The van der Waals surface area contributed by atoms with Crippen LogP contribution in [0, 0.1) is 5.92 Å². The monoisotopic (exact) mass is 230 g/mol. The molecule has 0 unspecified atom stereocenters. The van der Waals surface area contributed by atoms with Gasteiger partial charge < -0.3 is 5.32 Å². The average Bonchev–Trinajstić information content (AvgIpc) is 2.29. The molecule has 0 radical (unpaired) electrons. The summed E-state index contributed by atoms with van der Waals surface area (Å²) in [6.07, 6.45) is 2.64. The fourth-order valence-corrected chi connectivity index (χ4v) is 2.19. The van der Waals surface area contributed by atoms with Crippen LogP contribution in [0.3, 0.4) is 0 Å². The summed E-state index contributed by atoms with van der Waals surface area (Å²) in [6.45, 7) is 10.1. The maximum absolute atomic E-state index is 5.70. The maximum Gasteiger partial charge on any atom is 0.0201 e. The van der Waals surface area contributed by atoms with E-state index in [9.17, 15) is 0 Å². The first-order valence-corrected chi connectivity index (χ1v) is 6.38. The van der Waals surface area contributed by atoms with Gasteiger partial charge in [-0.05, 0) is 50.9 Å². The number of likely N-dealkylation sites (N-methyl/N-ethyl adjacent to an activating group) is 1. The van der Waals surface area contributed by atoms with Gasteiger partial charge in [0, 0.05) is 18.6 Å². The molecule has 1 N–H and O–H groups in total. The molecular weight excluding hydrogens is 208 g/mol. The van der Waals surface area contributed by atoms with Crippen molar-refractivity contribution in [3.05, 3.63) is 11.1 Å². The standard InChI is InChI=1S/C12H23ClN2/c1-3-15(9-11(2)8-13)10-12-4-6-14-7-5-12/h8,12,14H,3-7,9-10H2,1-2H3. The number of hydrogen-bond donors (Lipinski definition) is 1. The largest absolute Gasteiger partial charge is 0.317 e. The first-order valence-electron chi connectivity index (χ1n) is 5.95. The summed E-state index contributed by atoms with van der Waals surface area (Å²) in [5.41, 5.74) is 2.96. The molecule has 0 aromatic carbocycles. The van der Waals surface area contributed by atoms with Crippen molar-refractivity contribution in [1.29, 1.82) is 0 Å². The van der Waals surface area contributed by atoms with Gasteiger partial charge in [0.25, 0.3) is 0 Å². The number of halogens is 1. The van der Waals surface area contributed by atoms with E-state index in [0.29, 0.717) is 0 Å². The van der Waals surface area contributed by atoms with Crippen LogP contribution in [0.4, 0.5) is 0 Å². The molecule has 2 nitrogen and oxygen atoms in total. The highest BCUT2D eigenvalue weighted by Gasteiger charge is 2.15. The average molecular weight is 231 g/mol. The second-order valence-corrected chi connectivity index (χ2v) is 4.69. The van der Waals surface area contributed by atoms with Gasteiger partial charge in [0.05, 0.1) is 0 Å². The van der Waals surface area contributed by atoms with Crippen LogP contribution in [0.2, 0.25) is 0 Å². The Hall–Kier alpha value is -0.0500. The first-order chi connectivity index (χ1) is 7.26. The maximum atomic E-state index is 5.70. The lowest BCUT2D eigenvalue weighted by Crippen LogP contribution is -2.36. The Morgan fingerprint density at radius 2 is 2.13 bits per heavy atom. The van der Waals surface area contributed by atoms with E-state index in [2.05, 4.69) is 24.1 Å². The summed E-state index contributed by atoms with van der Waals surface area (Å²) < 4.78 is 0. The molecule has 0 atom stereocenters. The Morgan fingerprint density at radius 1 is 1.47 bits per heavy atom. The third-order valence-electron chi connectivity index (χ3n) is 3.08. The second-order valence-electron chi connectivity index (χ2n) is 4.48. The summed E-state index contributed by atoms with van der Waals surface area (Å²) in [4.78, 5) is 2.49. The lowest BCUT2D eigenvalue weighted by molar-refractivity contribution is 0.227. The van der Waals surface area contributed by atoms with E-state index in [0.717, 1.165) is 19.0 Å². The van der Waals surface area contributed by atoms with Crippen molar-refractivity contribution in [2.45, 2.75) is 26.7 Å². The van der Waals surface area contributed by atoms with Crippen LogP contribution in [0.25, 0.3) is 0 Å². The molecule has 0 spiro atoms. The molecule has 0 amide bonds. The first kappa shape index (κ1) is 13.0. The van der Waals surface area contributed by atoms with Gasteiger partial charge in [-0.15, -0.1) is 0 Å². The summed E-state index contributed by atoms with van der Waals surface area (Å²) in [5.74, 6) is 0.870. The molecular formula is C12H23ClN2. The Morgan fingerprint density at radius 3 is 2.67 bits per heavy atom. The minimum absolute atomic E-state index is 0.870. The van der Waals surface area contributed by atoms with Crippen molar-refractivity contribution in [2.75, 3.05) is 32.7 Å². The summed E-state index contributed by atoms with van der Waals surface area (Å²) in [5, 5.41) is 3.41. The van der Waals surface area contributed by atoms with Crippen molar-refractivity contribution < 1.29 is 0 Å². The molecule has 0 aliphatic carbocycles. The molecule has 0 bridgehead atoms. The Bertz CT molecular complexity index is 198. The zero-order chi connectivity index (χ0) is 11.1. The molecule has 1 heterocycles. The quantitative estimate of drug-likeness (QED) is 0.781. The molecule has 15 heavy (non-hydrogen) atoms. The van der Waals surface area contributed by atoms with Gasteiger partial charge in [-0.3, -0.25) is 4.90 Å². The van der Waals surface area contributed by atoms with Crippen LogP contribution in [0.1, 0.15) is 26.7 Å². The molecule has 1 saturated heterocycles. The van der Waals surface area contributed by atoms with Crippen LogP contribution in [-0.2, 0) is 0 Å². The number of nitrogens with zero attached hydrogens (tertiary/aromatic N) is 1. The van der Waals surface area contributed by atoms with E-state index in [-0.39, 0.29) is 0 Å². The molecule has 1 aliphatic heterocycles. The van der Waals surface area contributed by atoms with E-state index in [1.807, 2.05) is 0 Å². The van der Waals surface area contributed by atoms with Crippen LogP contribution in [0.15, 0.2) is 11.1 Å². The predicted molar refractivity (Wildman–Crippen MR) is 67.3 cm³/mol. The Kier molecular flexibility index (Phi) is 6.30. The summed E-state index contributed by atoms with van der Waals surface area (Å²) >= 11 is 5.70. The Labute approximate surface area is 98.7 Å². The van der Waals surface area contributed by atoms with Crippen LogP contribution >= 0.6 is 11.6 Å². The fraction of sp³-hybridized carbons (Fsp3) is 0.833. The number of hydrogen-bond acceptors (Lipinski definition) is 2. The van der Waals surface area contributed by atoms with Gasteiger partial charge in [0.15, 0.2) is 0 Å². The summed E-state index contributed by atoms with van der Waals surface area (Å²) in [6, 6.07) is 0. The third-order valence-corrected chi connectivity index (χ3v) is 3.45. The van der Waals surface area contributed by atoms with Crippen LogP contribution < -0.4 is 5.32 Å². The van der Waals surface area contributed by atoms with Crippen molar-refractivity contribution in [3.8, 4) is 0 Å². The highest BCUT2D eigenvalue weighted by atomic mass is 35.5. The van der Waals surface area contributed by atoms with E-state index in [1.165, 1.54) is 38.0 Å². The highest BCUT2D eigenvalue weighted by Crippen LogP contribution is 2.14. The van der Waals surface area contributed by atoms with Crippen LogP contribution in [0.5, 0.6) is 0 Å². The highest BCUT2D eigenvalue weighted by molar-refractivity contribution is 6.25. The molecule has 0 aromatic rings. The van der Waals surface area contributed by atoms with Gasteiger partial charge in [-0.25, -0.2) is 0 Å². The van der Waals surface area contributed by atoms with Gasteiger partial charge in [0.1, 0.15) is 0 Å². The predicted octanol–water partition coefficient (Wildman–Crippen LogP) is 2.45. The minimum Gasteiger partial charge on any atom is -0.317 e. The lowest BCUT2D eigenvalue weighted by atomic mass is 9.97. The second kappa shape index (κ2) is 7.26. The molecule has 0 aromatic heterocycles. The van der Waals surface area contributed by atoms with Gasteiger partial charge in [-0.1, -0.05) is 18.5 Å². The zero-order valence-electron chi connectivity index (χ0n) is 9.93. The molecule has 1 rings (SSSR count). The number of nitrogens with one attached hydrogen (secondary N) is 1. The SMILES string of the molecule is CCN(CC(C)=CCl)CC1CCNCC1. The van der Waals surface area contributed by atoms with Crippen LogP contribution in [-0.4, -0.2) is 37.6 Å². The molecule has 88 valence electrons. The number of piperidine rings is 1. The molecule has 1 aliphatic rings. The molecule has 0 saturated carbocycles. The topological polar surface area (TPSA) is 15.3 Å². The lowest BCUT2D eigenvalue weighted by Gasteiger charge is -2.29.